The van der Waals surface area contributed by atoms with Gasteiger partial charge in [0.2, 0.25) is 0 Å². The van der Waals surface area contributed by atoms with Crippen molar-refractivity contribution in [3.63, 3.8) is 0 Å². The van der Waals surface area contributed by atoms with Gasteiger partial charge >= 0.3 is 0 Å². The Morgan fingerprint density at radius 1 is 1.33 bits per heavy atom. The minimum absolute atomic E-state index is 0.887. The molecule has 2 heterocycles. The van der Waals surface area contributed by atoms with Gasteiger partial charge in [-0.1, -0.05) is 0 Å². The van der Waals surface area contributed by atoms with Crippen LogP contribution in [0, 0.1) is 0 Å². The molecule has 0 aliphatic rings. The van der Waals surface area contributed by atoms with Crippen LogP contribution in [0.1, 0.15) is 0 Å². The van der Waals surface area contributed by atoms with E-state index in [0.29, 0.717) is 0 Å². The zero-order valence-corrected chi connectivity index (χ0v) is 4.73. The number of aromatic nitrogens is 3. The summed E-state index contributed by atoms with van der Waals surface area (Å²) in [4.78, 5) is 0. The second-order valence-corrected chi connectivity index (χ2v) is 1.79. The third kappa shape index (κ3) is 0.579. The van der Waals surface area contributed by atoms with Crippen molar-refractivity contribution in [1.82, 2.24) is 14.6 Å². The molecule has 0 aliphatic carbocycles. The lowest BCUT2D eigenvalue weighted by Gasteiger charge is -1.86. The Balaban J connectivity index is 2.95. The highest BCUT2D eigenvalue weighted by Crippen LogP contribution is 1.95. The van der Waals surface area contributed by atoms with Gasteiger partial charge in [-0.2, -0.15) is 5.10 Å². The Morgan fingerprint density at radius 2 is 2.33 bits per heavy atom. The molecule has 0 saturated heterocycles. The van der Waals surface area contributed by atoms with Gasteiger partial charge in [0, 0.05) is 12.4 Å². The van der Waals surface area contributed by atoms with Crippen LogP contribution in [0.15, 0.2) is 30.7 Å². The van der Waals surface area contributed by atoms with E-state index in [1.165, 1.54) is 0 Å². The highest BCUT2D eigenvalue weighted by Gasteiger charge is 1.86. The zero-order chi connectivity index (χ0) is 6.10. The van der Waals surface area contributed by atoms with Gasteiger partial charge in [-0.15, -0.1) is 5.10 Å². The van der Waals surface area contributed by atoms with Crippen molar-refractivity contribution in [2.24, 2.45) is 0 Å². The fourth-order valence-electron chi connectivity index (χ4n) is 0.789. The van der Waals surface area contributed by atoms with Crippen molar-refractivity contribution in [3.8, 4) is 0 Å². The molecule has 0 bridgehead atoms. The molecule has 0 saturated carbocycles. The largest absolute Gasteiger partial charge is 0.306 e. The average molecular weight is 119 g/mol. The normalized spacial score (nSPS) is 10.2. The van der Waals surface area contributed by atoms with Crippen LogP contribution < -0.4 is 0 Å². The first kappa shape index (κ1) is 4.49. The molecular formula is C6H5N3. The van der Waals surface area contributed by atoms with Crippen LogP contribution in [-0.2, 0) is 0 Å². The van der Waals surface area contributed by atoms with Crippen LogP contribution in [0.4, 0.5) is 0 Å². The maximum atomic E-state index is 3.85. The van der Waals surface area contributed by atoms with Gasteiger partial charge < -0.3 is 4.40 Å². The number of nitrogens with zero attached hydrogens (tertiary/aromatic N) is 3. The number of hydrogen-bond donors (Lipinski definition) is 0. The molecule has 0 amide bonds. The topological polar surface area (TPSA) is 30.2 Å². The van der Waals surface area contributed by atoms with E-state index >= 15 is 0 Å². The first-order valence-electron chi connectivity index (χ1n) is 2.71. The summed E-state index contributed by atoms with van der Waals surface area (Å²) in [5, 5.41) is 7.57. The van der Waals surface area contributed by atoms with E-state index in [0.717, 1.165) is 5.65 Å². The molecule has 0 unspecified atom stereocenters. The van der Waals surface area contributed by atoms with Gasteiger partial charge in [0.05, 0.1) is 6.20 Å². The summed E-state index contributed by atoms with van der Waals surface area (Å²) in [6.07, 6.45) is 5.46. The van der Waals surface area contributed by atoms with Crippen LogP contribution in [0.5, 0.6) is 0 Å². The van der Waals surface area contributed by atoms with E-state index in [4.69, 9.17) is 0 Å². The van der Waals surface area contributed by atoms with Crippen LogP contribution in [0.3, 0.4) is 0 Å². The third-order valence-electron chi connectivity index (χ3n) is 1.21. The van der Waals surface area contributed by atoms with Gasteiger partial charge in [-0.25, -0.2) is 0 Å². The molecule has 2 aromatic rings. The summed E-state index contributed by atoms with van der Waals surface area (Å²) in [5.41, 5.74) is 0.887. The Bertz CT molecular complexity index is 282. The predicted molar refractivity (Wildman–Crippen MR) is 33.0 cm³/mol. The Hall–Kier alpha value is -1.38. The molecule has 44 valence electrons. The third-order valence-corrected chi connectivity index (χ3v) is 1.21. The van der Waals surface area contributed by atoms with Crippen molar-refractivity contribution in [2.75, 3.05) is 0 Å². The first-order valence-corrected chi connectivity index (χ1v) is 2.71. The van der Waals surface area contributed by atoms with Crippen molar-refractivity contribution < 1.29 is 0 Å². The quantitative estimate of drug-likeness (QED) is 0.511. The predicted octanol–water partition coefficient (Wildman–Crippen LogP) is 0.729. The lowest BCUT2D eigenvalue weighted by molar-refractivity contribution is 0.983. The van der Waals surface area contributed by atoms with Crippen LogP contribution in [0.25, 0.3) is 5.65 Å². The lowest BCUT2D eigenvalue weighted by atomic mass is 10.6. The molecule has 2 aromatic heterocycles. The Labute approximate surface area is 52.0 Å². The highest BCUT2D eigenvalue weighted by atomic mass is 15.2. The first-order chi connectivity index (χ1) is 4.47. The fraction of sp³-hybridized carbons (Fsp3) is 0. The standard InChI is InChI=1S/C6H5N3/c1-2-6-8-7-3-5-9(6)4-1/h1-5H. The molecule has 3 nitrogen and oxygen atoms in total. The number of hydrogen-bond acceptors (Lipinski definition) is 2. The Kier molecular flexibility index (Phi) is 0.773. The average Bonchev–Trinajstić information content (AvgIpc) is 2.33. The van der Waals surface area contributed by atoms with Gasteiger partial charge in [0.15, 0.2) is 5.65 Å². The smallest absolute Gasteiger partial charge is 0.159 e. The van der Waals surface area contributed by atoms with E-state index in [2.05, 4.69) is 10.2 Å². The molecule has 0 fully saturated rings. The minimum Gasteiger partial charge on any atom is -0.306 e. The van der Waals surface area contributed by atoms with E-state index < -0.39 is 0 Å². The summed E-state index contributed by atoms with van der Waals surface area (Å²) in [6.45, 7) is 0. The molecule has 0 aromatic carbocycles. The monoisotopic (exact) mass is 119 g/mol. The second-order valence-electron chi connectivity index (χ2n) is 1.79. The fourth-order valence-corrected chi connectivity index (χ4v) is 0.789. The van der Waals surface area contributed by atoms with E-state index in [9.17, 15) is 0 Å². The molecule has 0 radical (unpaired) electrons. The van der Waals surface area contributed by atoms with Gasteiger partial charge in [-0.05, 0) is 12.1 Å². The second kappa shape index (κ2) is 1.55. The molecule has 3 heteroatoms. The lowest BCUT2D eigenvalue weighted by Crippen LogP contribution is -1.85. The zero-order valence-electron chi connectivity index (χ0n) is 4.73. The minimum atomic E-state index is 0.887. The molecule has 0 aliphatic heterocycles. The van der Waals surface area contributed by atoms with E-state index in [1.54, 1.807) is 6.20 Å². The van der Waals surface area contributed by atoms with Crippen LogP contribution >= 0.6 is 0 Å². The molecule has 2 rings (SSSR count). The maximum Gasteiger partial charge on any atom is 0.159 e. The molecule has 0 spiro atoms. The van der Waals surface area contributed by atoms with Crippen LogP contribution in [0.2, 0.25) is 0 Å². The van der Waals surface area contributed by atoms with E-state index in [1.807, 2.05) is 28.9 Å². The summed E-state index contributed by atoms with van der Waals surface area (Å²) in [6, 6.07) is 3.84. The molecule has 0 N–H and O–H groups in total. The van der Waals surface area contributed by atoms with Crippen molar-refractivity contribution in [3.05, 3.63) is 30.7 Å². The van der Waals surface area contributed by atoms with Crippen molar-refractivity contribution in [1.29, 1.82) is 0 Å². The van der Waals surface area contributed by atoms with Gasteiger partial charge in [0.25, 0.3) is 0 Å². The number of rotatable bonds is 0. The van der Waals surface area contributed by atoms with Crippen molar-refractivity contribution in [2.45, 2.75) is 0 Å². The Morgan fingerprint density at radius 3 is 3.22 bits per heavy atom. The van der Waals surface area contributed by atoms with Gasteiger partial charge in [0.1, 0.15) is 0 Å². The van der Waals surface area contributed by atoms with Crippen molar-refractivity contribution >= 4 is 5.65 Å². The van der Waals surface area contributed by atoms with Gasteiger partial charge in [-0.3, -0.25) is 0 Å². The summed E-state index contributed by atoms with van der Waals surface area (Å²) in [7, 11) is 0. The number of fused-ring (bicyclic) bond motifs is 1. The maximum absolute atomic E-state index is 3.85. The van der Waals surface area contributed by atoms with E-state index in [-0.39, 0.29) is 0 Å². The van der Waals surface area contributed by atoms with Crippen LogP contribution in [-0.4, -0.2) is 14.6 Å². The summed E-state index contributed by atoms with van der Waals surface area (Å²) in [5.74, 6) is 0. The summed E-state index contributed by atoms with van der Waals surface area (Å²) < 4.78 is 1.91. The highest BCUT2D eigenvalue weighted by molar-refractivity contribution is 5.35. The SMILES string of the molecule is c1cc2nnccn2c1. The molecule has 9 heavy (non-hydrogen) atoms. The molecule has 0 atom stereocenters. The summed E-state index contributed by atoms with van der Waals surface area (Å²) >= 11 is 0. The molecular weight excluding hydrogens is 114 g/mol.